The molecule has 0 radical (unpaired) electrons. The lowest BCUT2D eigenvalue weighted by Crippen LogP contribution is -2.49. The molecule has 2 aliphatic rings. The molecule has 7 nitrogen and oxygen atoms in total. The molecular formula is C26H30F3N3O4. The Morgan fingerprint density at radius 2 is 1.83 bits per heavy atom. The molecule has 2 aromatic carbocycles. The minimum Gasteiger partial charge on any atom is -0.494 e. The van der Waals surface area contributed by atoms with Crippen LogP contribution in [0.4, 0.5) is 13.2 Å². The van der Waals surface area contributed by atoms with E-state index in [2.05, 4.69) is 55.2 Å². The van der Waals surface area contributed by atoms with Crippen LogP contribution in [0.3, 0.4) is 0 Å². The first-order valence-corrected chi connectivity index (χ1v) is 11.6. The maximum Gasteiger partial charge on any atom is 0.490 e. The zero-order valence-corrected chi connectivity index (χ0v) is 20.4. The van der Waals surface area contributed by atoms with Gasteiger partial charge in [-0.3, -0.25) is 9.69 Å². The van der Waals surface area contributed by atoms with E-state index in [0.717, 1.165) is 30.8 Å². The molecule has 0 bridgehead atoms. The number of hydrogen-bond acceptors (Lipinski definition) is 5. The summed E-state index contributed by atoms with van der Waals surface area (Å²) >= 11 is 0. The Balaban J connectivity index is 0.000000454. The number of aliphatic imine (C=N–C) groups is 1. The van der Waals surface area contributed by atoms with Crippen LogP contribution in [-0.2, 0) is 9.59 Å². The van der Waals surface area contributed by atoms with E-state index in [1.807, 2.05) is 12.1 Å². The summed E-state index contributed by atoms with van der Waals surface area (Å²) < 4.78 is 37.5. The molecule has 1 aliphatic heterocycles. The van der Waals surface area contributed by atoms with Crippen LogP contribution in [-0.4, -0.2) is 53.2 Å². The number of rotatable bonds is 6. The largest absolute Gasteiger partial charge is 0.494 e. The number of carbonyl (C=O) groups is 2. The Labute approximate surface area is 207 Å². The zero-order valence-electron chi connectivity index (χ0n) is 20.4. The van der Waals surface area contributed by atoms with Crippen LogP contribution in [0.25, 0.3) is 11.1 Å². The molecule has 1 heterocycles. The molecule has 10 heteroatoms. The lowest BCUT2D eigenvalue weighted by molar-refractivity contribution is -0.192. The minimum atomic E-state index is -5.08. The predicted molar refractivity (Wildman–Crippen MR) is 130 cm³/mol. The van der Waals surface area contributed by atoms with Gasteiger partial charge in [-0.2, -0.15) is 13.2 Å². The highest BCUT2D eigenvalue weighted by molar-refractivity contribution is 5.98. The van der Waals surface area contributed by atoms with E-state index < -0.39 is 17.7 Å². The number of guanidine groups is 1. The van der Waals surface area contributed by atoms with E-state index >= 15 is 0 Å². The molecule has 0 saturated heterocycles. The summed E-state index contributed by atoms with van der Waals surface area (Å²) in [6, 6.07) is 16.9. The normalized spacial score (nSPS) is 23.3. The Kier molecular flexibility index (Phi) is 7.96. The molecule has 2 aromatic rings. The third-order valence-corrected chi connectivity index (χ3v) is 6.38. The van der Waals surface area contributed by atoms with Crippen LogP contribution in [0.2, 0.25) is 0 Å². The van der Waals surface area contributed by atoms with Crippen LogP contribution >= 0.6 is 0 Å². The van der Waals surface area contributed by atoms with Gasteiger partial charge in [0, 0.05) is 7.05 Å². The smallest absolute Gasteiger partial charge is 0.490 e. The number of carboxylic acids is 1. The van der Waals surface area contributed by atoms with Crippen LogP contribution in [0.15, 0.2) is 53.5 Å². The Bertz CT molecular complexity index is 1150. The molecular weight excluding hydrogens is 475 g/mol. The van der Waals surface area contributed by atoms with Gasteiger partial charge in [0.25, 0.3) is 0 Å². The van der Waals surface area contributed by atoms with Gasteiger partial charge in [-0.05, 0) is 60.4 Å². The summed E-state index contributed by atoms with van der Waals surface area (Å²) in [5.74, 6) is -0.732. The second-order valence-corrected chi connectivity index (χ2v) is 9.21. The van der Waals surface area contributed by atoms with E-state index in [-0.39, 0.29) is 5.91 Å². The van der Waals surface area contributed by atoms with Gasteiger partial charge in [-0.15, -0.1) is 0 Å². The van der Waals surface area contributed by atoms with Crippen molar-refractivity contribution in [2.24, 2.45) is 16.6 Å². The fourth-order valence-corrected chi connectivity index (χ4v) is 4.33. The number of alkyl halides is 3. The van der Waals surface area contributed by atoms with Gasteiger partial charge >= 0.3 is 12.1 Å². The van der Waals surface area contributed by atoms with Crippen molar-refractivity contribution in [3.05, 3.63) is 54.1 Å². The number of halogens is 3. The number of carboxylic acid groups (broad SMARTS) is 1. The van der Waals surface area contributed by atoms with E-state index in [9.17, 15) is 18.0 Å². The SMILES string of the molecule is CCCOc1cccc(-c2cccc([C@@H]3C[C@H]3[C@]3(C)CC(=O)N(C)C(N)=N3)c2)c1.O=C(O)C(F)(F)F. The van der Waals surface area contributed by atoms with Crippen LogP contribution < -0.4 is 10.5 Å². The van der Waals surface area contributed by atoms with Gasteiger partial charge in [-0.1, -0.05) is 43.3 Å². The average Bonchev–Trinajstić information content (AvgIpc) is 3.63. The summed E-state index contributed by atoms with van der Waals surface area (Å²) in [5.41, 5.74) is 9.21. The highest BCUT2D eigenvalue weighted by Crippen LogP contribution is 2.56. The molecule has 1 saturated carbocycles. The number of nitrogens with zero attached hydrogens (tertiary/aromatic N) is 2. The standard InChI is InChI=1S/C24H29N3O2.C2HF3O2/c1-4-11-29-19-10-6-8-17(13-19)16-7-5-9-18(12-16)20-14-21(20)24(2)15-22(28)27(3)23(25)26-24;3-2(4,5)1(6)7/h5-10,12-13,20-21H,4,11,14-15H2,1-3H3,(H2,25,26);(H,6,7)/t20-,21+,24-;/m0./s1. The second-order valence-electron chi connectivity index (χ2n) is 9.21. The summed E-state index contributed by atoms with van der Waals surface area (Å²) in [4.78, 5) is 27.3. The van der Waals surface area contributed by atoms with E-state index in [4.69, 9.17) is 20.4 Å². The third kappa shape index (κ3) is 6.35. The first kappa shape index (κ1) is 27.0. The lowest BCUT2D eigenvalue weighted by Gasteiger charge is -2.33. The summed E-state index contributed by atoms with van der Waals surface area (Å²) in [6.45, 7) is 4.90. The van der Waals surface area contributed by atoms with Gasteiger partial charge in [0.05, 0.1) is 18.6 Å². The van der Waals surface area contributed by atoms with Crippen LogP contribution in [0.5, 0.6) is 5.75 Å². The number of benzene rings is 2. The topological polar surface area (TPSA) is 105 Å². The third-order valence-electron chi connectivity index (χ3n) is 6.38. The number of nitrogens with two attached hydrogens (primary N) is 1. The minimum absolute atomic E-state index is 0.0447. The second kappa shape index (κ2) is 10.6. The molecule has 1 fully saturated rings. The number of carbonyl (C=O) groups excluding carboxylic acids is 1. The van der Waals surface area contributed by atoms with Gasteiger partial charge in [0.2, 0.25) is 5.91 Å². The van der Waals surface area contributed by atoms with E-state index in [0.29, 0.717) is 24.2 Å². The maximum atomic E-state index is 12.3. The summed E-state index contributed by atoms with van der Waals surface area (Å²) in [7, 11) is 1.69. The number of hydrogen-bond donors (Lipinski definition) is 2. The predicted octanol–water partition coefficient (Wildman–Crippen LogP) is 4.81. The van der Waals surface area contributed by atoms with Gasteiger partial charge < -0.3 is 15.6 Å². The van der Waals surface area contributed by atoms with Crippen LogP contribution in [0.1, 0.15) is 44.6 Å². The van der Waals surface area contributed by atoms with Crippen molar-refractivity contribution < 1.29 is 32.6 Å². The molecule has 3 atom stereocenters. The Morgan fingerprint density at radius 1 is 1.22 bits per heavy atom. The molecule has 36 heavy (non-hydrogen) atoms. The van der Waals surface area contributed by atoms with E-state index in [1.165, 1.54) is 16.0 Å². The first-order valence-electron chi connectivity index (χ1n) is 11.6. The van der Waals surface area contributed by atoms with Crippen molar-refractivity contribution in [2.45, 2.75) is 50.7 Å². The van der Waals surface area contributed by atoms with Crippen molar-refractivity contribution in [3.8, 4) is 16.9 Å². The first-order chi connectivity index (χ1) is 16.9. The van der Waals surface area contributed by atoms with Gasteiger partial charge in [0.1, 0.15) is 5.75 Å². The summed E-state index contributed by atoms with van der Waals surface area (Å²) in [5, 5.41) is 7.12. The van der Waals surface area contributed by atoms with Crippen molar-refractivity contribution in [3.63, 3.8) is 0 Å². The van der Waals surface area contributed by atoms with Crippen molar-refractivity contribution in [1.82, 2.24) is 4.90 Å². The fraction of sp³-hybridized carbons (Fsp3) is 0.423. The van der Waals surface area contributed by atoms with Crippen molar-refractivity contribution in [2.75, 3.05) is 13.7 Å². The van der Waals surface area contributed by atoms with Gasteiger partial charge in [0.15, 0.2) is 5.96 Å². The van der Waals surface area contributed by atoms with Crippen molar-refractivity contribution >= 4 is 17.8 Å². The Morgan fingerprint density at radius 3 is 2.42 bits per heavy atom. The molecule has 0 aromatic heterocycles. The molecule has 0 spiro atoms. The zero-order chi connectivity index (χ0) is 26.7. The molecule has 1 amide bonds. The highest BCUT2D eigenvalue weighted by atomic mass is 19.4. The lowest BCUT2D eigenvalue weighted by atomic mass is 9.87. The van der Waals surface area contributed by atoms with Crippen molar-refractivity contribution in [1.29, 1.82) is 0 Å². The Hall–Kier alpha value is -3.56. The highest BCUT2D eigenvalue weighted by Gasteiger charge is 2.53. The maximum absolute atomic E-state index is 12.3. The molecule has 194 valence electrons. The quantitative estimate of drug-likeness (QED) is 0.586. The average molecular weight is 506 g/mol. The molecule has 0 unspecified atom stereocenters. The summed E-state index contributed by atoms with van der Waals surface area (Å²) in [6.07, 6.45) is -2.64. The number of ether oxygens (including phenoxy) is 1. The number of aliphatic carboxylic acids is 1. The molecule has 3 N–H and O–H groups in total. The number of amides is 1. The molecule has 4 rings (SSSR count). The van der Waals surface area contributed by atoms with Crippen LogP contribution in [0, 0.1) is 5.92 Å². The van der Waals surface area contributed by atoms with Gasteiger partial charge in [-0.25, -0.2) is 9.79 Å². The molecule has 1 aliphatic carbocycles. The fourth-order valence-electron chi connectivity index (χ4n) is 4.33. The monoisotopic (exact) mass is 505 g/mol. The van der Waals surface area contributed by atoms with E-state index in [1.54, 1.807) is 7.05 Å².